The van der Waals surface area contributed by atoms with E-state index in [0.29, 0.717) is 0 Å². The Hall–Kier alpha value is -1.87. The molecule has 0 saturated heterocycles. The minimum atomic E-state index is -3.91. The van der Waals surface area contributed by atoms with Gasteiger partial charge in [0.15, 0.2) is 0 Å². The summed E-state index contributed by atoms with van der Waals surface area (Å²) in [5, 5.41) is 8.94. The van der Waals surface area contributed by atoms with E-state index in [0.717, 1.165) is 29.3 Å². The third-order valence-electron chi connectivity index (χ3n) is 3.70. The fourth-order valence-corrected chi connectivity index (χ4v) is 3.50. The molecule has 0 spiro atoms. The Balaban J connectivity index is 2.08. The molecule has 26 heavy (non-hydrogen) atoms. The molecule has 0 aliphatic rings. The summed E-state index contributed by atoms with van der Waals surface area (Å²) in [5.41, 5.74) is 1.53. The number of ether oxygens (including phenoxy) is 1. The standard InChI is InChI=1S/C18H21F2NO4S/c1-13-2-4-14(5-3-13)18(25-9-8-22)11-21-26(23,24)12-15-10-16(19)6-7-17(15)20/h2-7,10,18,21-22H,8-9,11-12H2,1H3. The molecule has 0 heterocycles. The van der Waals surface area contributed by atoms with Gasteiger partial charge in [-0.2, -0.15) is 0 Å². The summed E-state index contributed by atoms with van der Waals surface area (Å²) in [4.78, 5) is 0. The first kappa shape index (κ1) is 20.4. The predicted octanol–water partition coefficient (Wildman–Crippen LogP) is 2.44. The molecule has 0 saturated carbocycles. The zero-order chi connectivity index (χ0) is 19.2. The summed E-state index contributed by atoms with van der Waals surface area (Å²) in [6, 6.07) is 10.0. The number of nitrogens with one attached hydrogen (secondary N) is 1. The fourth-order valence-electron chi connectivity index (χ4n) is 2.36. The lowest BCUT2D eigenvalue weighted by Gasteiger charge is -2.19. The number of aliphatic hydroxyl groups is 1. The van der Waals surface area contributed by atoms with Crippen LogP contribution in [0.15, 0.2) is 42.5 Å². The van der Waals surface area contributed by atoms with Crippen LogP contribution in [0, 0.1) is 18.6 Å². The molecule has 0 fully saturated rings. The van der Waals surface area contributed by atoms with Crippen molar-refractivity contribution >= 4 is 10.0 Å². The molecule has 2 rings (SSSR count). The van der Waals surface area contributed by atoms with Gasteiger partial charge in [-0.05, 0) is 30.7 Å². The number of aliphatic hydroxyl groups excluding tert-OH is 1. The van der Waals surface area contributed by atoms with Gasteiger partial charge in [0.05, 0.1) is 25.1 Å². The van der Waals surface area contributed by atoms with E-state index >= 15 is 0 Å². The van der Waals surface area contributed by atoms with E-state index in [1.165, 1.54) is 0 Å². The van der Waals surface area contributed by atoms with E-state index in [1.54, 1.807) is 12.1 Å². The second-order valence-electron chi connectivity index (χ2n) is 5.84. The second kappa shape index (κ2) is 9.18. The van der Waals surface area contributed by atoms with E-state index in [4.69, 9.17) is 9.84 Å². The van der Waals surface area contributed by atoms with Gasteiger partial charge in [0.2, 0.25) is 10.0 Å². The minimum Gasteiger partial charge on any atom is -0.394 e. The van der Waals surface area contributed by atoms with E-state index in [9.17, 15) is 17.2 Å². The van der Waals surface area contributed by atoms with Crippen LogP contribution in [0.1, 0.15) is 22.8 Å². The summed E-state index contributed by atoms with van der Waals surface area (Å²) >= 11 is 0. The summed E-state index contributed by atoms with van der Waals surface area (Å²) in [7, 11) is -3.91. The molecule has 2 aromatic carbocycles. The molecule has 142 valence electrons. The average Bonchev–Trinajstić information content (AvgIpc) is 2.59. The molecule has 5 nitrogen and oxygen atoms in total. The van der Waals surface area contributed by atoms with Crippen molar-refractivity contribution in [2.75, 3.05) is 19.8 Å². The van der Waals surface area contributed by atoms with Gasteiger partial charge in [0.1, 0.15) is 11.6 Å². The van der Waals surface area contributed by atoms with Crippen LogP contribution < -0.4 is 4.72 Å². The van der Waals surface area contributed by atoms with Crippen molar-refractivity contribution in [2.45, 2.75) is 18.8 Å². The molecule has 2 N–H and O–H groups in total. The normalized spacial score (nSPS) is 12.9. The fraction of sp³-hybridized carbons (Fsp3) is 0.333. The first-order valence-corrected chi connectivity index (χ1v) is 9.66. The number of aryl methyl sites for hydroxylation is 1. The Morgan fingerprint density at radius 3 is 2.50 bits per heavy atom. The van der Waals surface area contributed by atoms with Crippen molar-refractivity contribution in [3.8, 4) is 0 Å². The smallest absolute Gasteiger partial charge is 0.215 e. The quantitative estimate of drug-likeness (QED) is 0.695. The Morgan fingerprint density at radius 2 is 1.85 bits per heavy atom. The van der Waals surface area contributed by atoms with E-state index in [2.05, 4.69) is 4.72 Å². The van der Waals surface area contributed by atoms with Crippen LogP contribution in [-0.4, -0.2) is 33.3 Å². The van der Waals surface area contributed by atoms with Crippen molar-refractivity contribution in [3.63, 3.8) is 0 Å². The van der Waals surface area contributed by atoms with Gasteiger partial charge in [-0.1, -0.05) is 29.8 Å². The van der Waals surface area contributed by atoms with Crippen LogP contribution in [0.3, 0.4) is 0 Å². The van der Waals surface area contributed by atoms with Crippen molar-refractivity contribution in [3.05, 3.63) is 70.8 Å². The molecule has 0 radical (unpaired) electrons. The highest BCUT2D eigenvalue weighted by molar-refractivity contribution is 7.88. The Morgan fingerprint density at radius 1 is 1.15 bits per heavy atom. The maximum atomic E-state index is 13.7. The molecule has 0 amide bonds. The first-order chi connectivity index (χ1) is 12.3. The molecule has 0 aromatic heterocycles. The Bertz CT molecular complexity index is 826. The highest BCUT2D eigenvalue weighted by atomic mass is 32.2. The number of halogens is 2. The minimum absolute atomic E-state index is 0.0405. The topological polar surface area (TPSA) is 75.6 Å². The number of hydrogen-bond acceptors (Lipinski definition) is 4. The van der Waals surface area contributed by atoms with Crippen molar-refractivity contribution < 1.29 is 27.0 Å². The largest absolute Gasteiger partial charge is 0.394 e. The summed E-state index contributed by atoms with van der Waals surface area (Å²) in [6.45, 7) is 1.66. The monoisotopic (exact) mass is 385 g/mol. The zero-order valence-corrected chi connectivity index (χ0v) is 15.1. The van der Waals surface area contributed by atoms with Gasteiger partial charge in [-0.15, -0.1) is 0 Å². The summed E-state index contributed by atoms with van der Waals surface area (Å²) < 4.78 is 59.2. The van der Waals surface area contributed by atoms with Gasteiger partial charge in [-0.3, -0.25) is 0 Å². The van der Waals surface area contributed by atoms with Gasteiger partial charge in [0.25, 0.3) is 0 Å². The second-order valence-corrected chi connectivity index (χ2v) is 7.64. The van der Waals surface area contributed by atoms with Crippen LogP contribution in [0.5, 0.6) is 0 Å². The SMILES string of the molecule is Cc1ccc(C(CNS(=O)(=O)Cc2cc(F)ccc2F)OCCO)cc1. The van der Waals surface area contributed by atoms with Crippen molar-refractivity contribution in [1.29, 1.82) is 0 Å². The van der Waals surface area contributed by atoms with Gasteiger partial charge in [0, 0.05) is 12.1 Å². The van der Waals surface area contributed by atoms with E-state index in [1.807, 2.05) is 19.1 Å². The molecule has 1 atom stereocenters. The van der Waals surface area contributed by atoms with Gasteiger partial charge >= 0.3 is 0 Å². The van der Waals surface area contributed by atoms with Gasteiger partial charge in [-0.25, -0.2) is 21.9 Å². The molecule has 1 unspecified atom stereocenters. The maximum Gasteiger partial charge on any atom is 0.215 e. The molecule has 0 aliphatic heterocycles. The number of benzene rings is 2. The molecule has 8 heteroatoms. The molecule has 0 bridgehead atoms. The first-order valence-electron chi connectivity index (χ1n) is 8.01. The number of rotatable bonds is 9. The molecule has 2 aromatic rings. The van der Waals surface area contributed by atoms with Crippen LogP contribution in [0.25, 0.3) is 0 Å². The van der Waals surface area contributed by atoms with E-state index < -0.39 is 33.5 Å². The van der Waals surface area contributed by atoms with Crippen molar-refractivity contribution in [1.82, 2.24) is 4.72 Å². The molecular weight excluding hydrogens is 364 g/mol. The third kappa shape index (κ3) is 6.14. The lowest BCUT2D eigenvalue weighted by Crippen LogP contribution is -2.31. The highest BCUT2D eigenvalue weighted by Crippen LogP contribution is 2.18. The van der Waals surface area contributed by atoms with Crippen LogP contribution in [0.2, 0.25) is 0 Å². The lowest BCUT2D eigenvalue weighted by molar-refractivity contribution is 0.0309. The average molecular weight is 385 g/mol. The van der Waals surface area contributed by atoms with Crippen LogP contribution in [0.4, 0.5) is 8.78 Å². The zero-order valence-electron chi connectivity index (χ0n) is 14.3. The van der Waals surface area contributed by atoms with Gasteiger partial charge < -0.3 is 9.84 Å². The Kier molecular flexibility index (Phi) is 7.22. The van der Waals surface area contributed by atoms with E-state index in [-0.39, 0.29) is 25.3 Å². The molecule has 0 aliphatic carbocycles. The Labute approximate surface area is 151 Å². The maximum absolute atomic E-state index is 13.7. The van der Waals surface area contributed by atoms with Crippen LogP contribution >= 0.6 is 0 Å². The predicted molar refractivity (Wildman–Crippen MR) is 93.9 cm³/mol. The third-order valence-corrected chi connectivity index (χ3v) is 5.00. The number of hydrogen-bond donors (Lipinski definition) is 2. The number of sulfonamides is 1. The van der Waals surface area contributed by atoms with Crippen LogP contribution in [-0.2, 0) is 20.5 Å². The highest BCUT2D eigenvalue weighted by Gasteiger charge is 2.19. The van der Waals surface area contributed by atoms with Crippen molar-refractivity contribution in [2.24, 2.45) is 0 Å². The summed E-state index contributed by atoms with van der Waals surface area (Å²) in [6.07, 6.45) is -0.616. The molecular formula is C18H21F2NO4S. The lowest BCUT2D eigenvalue weighted by atomic mass is 10.1. The summed E-state index contributed by atoms with van der Waals surface area (Å²) in [5.74, 6) is -2.18.